The Bertz CT molecular complexity index is 754. The number of rotatable bonds is 6. The lowest BCUT2D eigenvalue weighted by Gasteiger charge is -2.36. The van der Waals surface area contributed by atoms with Gasteiger partial charge in [0.1, 0.15) is 6.04 Å². The summed E-state index contributed by atoms with van der Waals surface area (Å²) in [7, 11) is 0. The molecule has 4 rings (SSSR count). The smallest absolute Gasteiger partial charge is 0.242 e. The monoisotopic (exact) mass is 426 g/mol. The average molecular weight is 427 g/mol. The molecular weight excluding hydrogens is 388 g/mol. The Balaban J connectivity index is 1.19. The second-order valence-corrected chi connectivity index (χ2v) is 9.48. The van der Waals surface area contributed by atoms with Gasteiger partial charge in [-0.1, -0.05) is 31.4 Å². The highest BCUT2D eigenvalue weighted by Gasteiger charge is 2.37. The normalized spacial score (nSPS) is 23.2. The molecule has 1 saturated carbocycles. The van der Waals surface area contributed by atoms with Crippen molar-refractivity contribution in [2.24, 2.45) is 5.92 Å². The molecule has 3 fully saturated rings. The second-order valence-electron chi connectivity index (χ2n) is 9.48. The van der Waals surface area contributed by atoms with Crippen molar-refractivity contribution in [3.63, 3.8) is 0 Å². The number of nitrogens with one attached hydrogen (secondary N) is 1. The summed E-state index contributed by atoms with van der Waals surface area (Å²) in [5.41, 5.74) is 2.60. The van der Waals surface area contributed by atoms with Crippen LogP contribution in [0.25, 0.3) is 0 Å². The molecule has 1 N–H and O–H groups in total. The van der Waals surface area contributed by atoms with Gasteiger partial charge in [-0.05, 0) is 50.3 Å². The topological polar surface area (TPSA) is 55.9 Å². The van der Waals surface area contributed by atoms with Gasteiger partial charge in [0.2, 0.25) is 11.8 Å². The number of aryl methyl sites for hydroxylation is 1. The van der Waals surface area contributed by atoms with Crippen molar-refractivity contribution in [2.45, 2.75) is 57.9 Å². The maximum absolute atomic E-state index is 12.9. The van der Waals surface area contributed by atoms with E-state index in [0.717, 1.165) is 77.8 Å². The molecule has 1 aromatic rings. The summed E-state index contributed by atoms with van der Waals surface area (Å²) in [6.45, 7) is 8.47. The van der Waals surface area contributed by atoms with E-state index in [1.807, 2.05) is 4.90 Å². The van der Waals surface area contributed by atoms with Crippen molar-refractivity contribution in [3.8, 4) is 0 Å². The molecule has 0 unspecified atom stereocenters. The highest BCUT2D eigenvalue weighted by Crippen LogP contribution is 2.28. The summed E-state index contributed by atoms with van der Waals surface area (Å²) < 4.78 is 0. The van der Waals surface area contributed by atoms with E-state index in [4.69, 9.17) is 0 Å². The lowest BCUT2D eigenvalue weighted by molar-refractivity contribution is -0.142. The SMILES string of the molecule is Cc1cccc(N2CCN(CCNC(=O)[C@@H]3CCCN3C(=O)C3CCCCC3)CC2)c1. The molecule has 2 amide bonds. The van der Waals surface area contributed by atoms with E-state index in [1.165, 1.54) is 17.7 Å². The Morgan fingerprint density at radius 2 is 1.74 bits per heavy atom. The van der Waals surface area contributed by atoms with Crippen LogP contribution in [0.2, 0.25) is 0 Å². The first-order chi connectivity index (χ1) is 15.1. The largest absolute Gasteiger partial charge is 0.369 e. The van der Waals surface area contributed by atoms with Crippen LogP contribution in [0.3, 0.4) is 0 Å². The van der Waals surface area contributed by atoms with Gasteiger partial charge in [0.15, 0.2) is 0 Å². The molecule has 2 heterocycles. The summed E-state index contributed by atoms with van der Waals surface area (Å²) >= 11 is 0. The van der Waals surface area contributed by atoms with E-state index in [1.54, 1.807) is 0 Å². The molecule has 1 aromatic carbocycles. The fourth-order valence-corrected chi connectivity index (χ4v) is 5.40. The van der Waals surface area contributed by atoms with Gasteiger partial charge in [-0.3, -0.25) is 14.5 Å². The summed E-state index contributed by atoms with van der Waals surface area (Å²) in [5.74, 6) is 0.413. The van der Waals surface area contributed by atoms with Crippen LogP contribution in [0.4, 0.5) is 5.69 Å². The lowest BCUT2D eigenvalue weighted by Crippen LogP contribution is -2.51. The van der Waals surface area contributed by atoms with Crippen LogP contribution >= 0.6 is 0 Å². The van der Waals surface area contributed by atoms with Gasteiger partial charge >= 0.3 is 0 Å². The Kier molecular flexibility index (Phi) is 7.49. The Hall–Kier alpha value is -2.08. The molecular formula is C25H38N4O2. The van der Waals surface area contributed by atoms with Crippen LogP contribution in [0.15, 0.2) is 24.3 Å². The quantitative estimate of drug-likeness (QED) is 0.760. The number of carbonyl (C=O) groups is 2. The fourth-order valence-electron chi connectivity index (χ4n) is 5.40. The molecule has 1 atom stereocenters. The third-order valence-electron chi connectivity index (χ3n) is 7.26. The van der Waals surface area contributed by atoms with Gasteiger partial charge in [-0.15, -0.1) is 0 Å². The molecule has 170 valence electrons. The second kappa shape index (κ2) is 10.5. The van der Waals surface area contributed by atoms with Crippen molar-refractivity contribution in [3.05, 3.63) is 29.8 Å². The Morgan fingerprint density at radius 1 is 0.968 bits per heavy atom. The zero-order chi connectivity index (χ0) is 21.6. The minimum Gasteiger partial charge on any atom is -0.369 e. The number of hydrogen-bond donors (Lipinski definition) is 1. The van der Waals surface area contributed by atoms with Gasteiger partial charge < -0.3 is 15.1 Å². The van der Waals surface area contributed by atoms with Gasteiger partial charge in [0.25, 0.3) is 0 Å². The van der Waals surface area contributed by atoms with Crippen LogP contribution in [-0.2, 0) is 9.59 Å². The van der Waals surface area contributed by atoms with Crippen molar-refractivity contribution in [1.29, 1.82) is 0 Å². The first-order valence-corrected chi connectivity index (χ1v) is 12.2. The fraction of sp³-hybridized carbons (Fsp3) is 0.680. The molecule has 2 saturated heterocycles. The standard InChI is InChI=1S/C25H38N4O2/c1-20-7-5-10-22(19-20)28-17-15-27(16-18-28)14-12-26-24(30)23-11-6-13-29(23)25(31)21-8-3-2-4-9-21/h5,7,10,19,21,23H,2-4,6,8-9,11-18H2,1H3,(H,26,30)/t23-/m0/s1. The van der Waals surface area contributed by atoms with E-state index in [9.17, 15) is 9.59 Å². The summed E-state index contributed by atoms with van der Waals surface area (Å²) in [6.07, 6.45) is 7.29. The van der Waals surface area contributed by atoms with Crippen LogP contribution < -0.4 is 10.2 Å². The zero-order valence-electron chi connectivity index (χ0n) is 19.0. The summed E-state index contributed by atoms with van der Waals surface area (Å²) in [5, 5.41) is 3.12. The van der Waals surface area contributed by atoms with E-state index >= 15 is 0 Å². The molecule has 2 aliphatic heterocycles. The molecule has 31 heavy (non-hydrogen) atoms. The zero-order valence-corrected chi connectivity index (χ0v) is 19.0. The molecule has 0 bridgehead atoms. The maximum Gasteiger partial charge on any atom is 0.242 e. The Morgan fingerprint density at radius 3 is 2.48 bits per heavy atom. The van der Waals surface area contributed by atoms with E-state index in [0.29, 0.717) is 6.54 Å². The molecule has 0 spiro atoms. The van der Waals surface area contributed by atoms with Crippen LogP contribution in [-0.4, -0.2) is 73.5 Å². The number of likely N-dealkylation sites (tertiary alicyclic amines) is 1. The van der Waals surface area contributed by atoms with Gasteiger partial charge in [0.05, 0.1) is 0 Å². The lowest BCUT2D eigenvalue weighted by atomic mass is 9.88. The molecule has 1 aliphatic carbocycles. The predicted molar refractivity (Wildman–Crippen MR) is 124 cm³/mol. The highest BCUT2D eigenvalue weighted by molar-refractivity contribution is 5.89. The number of hydrogen-bond acceptors (Lipinski definition) is 4. The third-order valence-corrected chi connectivity index (χ3v) is 7.26. The maximum atomic E-state index is 12.9. The molecule has 6 heteroatoms. The number of amides is 2. The van der Waals surface area contributed by atoms with Gasteiger partial charge in [-0.2, -0.15) is 0 Å². The minimum atomic E-state index is -0.257. The first-order valence-electron chi connectivity index (χ1n) is 12.2. The highest BCUT2D eigenvalue weighted by atomic mass is 16.2. The molecule has 6 nitrogen and oxygen atoms in total. The van der Waals surface area contributed by atoms with Gasteiger partial charge in [0, 0.05) is 57.4 Å². The summed E-state index contributed by atoms with van der Waals surface area (Å²) in [6, 6.07) is 8.43. The van der Waals surface area contributed by atoms with Gasteiger partial charge in [-0.25, -0.2) is 0 Å². The Labute approximate surface area is 187 Å². The van der Waals surface area contributed by atoms with Crippen molar-refractivity contribution < 1.29 is 9.59 Å². The van der Waals surface area contributed by atoms with E-state index < -0.39 is 0 Å². The van der Waals surface area contributed by atoms with E-state index in [-0.39, 0.29) is 23.8 Å². The third kappa shape index (κ3) is 5.59. The van der Waals surface area contributed by atoms with E-state index in [2.05, 4.69) is 46.3 Å². The van der Waals surface area contributed by atoms with Crippen LogP contribution in [0.5, 0.6) is 0 Å². The molecule has 0 radical (unpaired) electrons. The number of piperazine rings is 1. The van der Waals surface area contributed by atoms with Crippen molar-refractivity contribution in [1.82, 2.24) is 15.1 Å². The minimum absolute atomic E-state index is 0.0417. The van der Waals surface area contributed by atoms with Crippen molar-refractivity contribution in [2.75, 3.05) is 50.7 Å². The number of carbonyl (C=O) groups excluding carboxylic acids is 2. The number of benzene rings is 1. The predicted octanol–water partition coefficient (Wildman–Crippen LogP) is 2.80. The first kappa shape index (κ1) is 22.1. The number of anilines is 1. The summed E-state index contributed by atoms with van der Waals surface area (Å²) in [4.78, 5) is 32.5. The van der Waals surface area contributed by atoms with Crippen LogP contribution in [0, 0.1) is 12.8 Å². The van der Waals surface area contributed by atoms with Crippen molar-refractivity contribution >= 4 is 17.5 Å². The molecule has 0 aromatic heterocycles. The van der Waals surface area contributed by atoms with Crippen LogP contribution in [0.1, 0.15) is 50.5 Å². The molecule has 3 aliphatic rings. The average Bonchev–Trinajstić information content (AvgIpc) is 3.30. The number of nitrogens with zero attached hydrogens (tertiary/aromatic N) is 3.